The summed E-state index contributed by atoms with van der Waals surface area (Å²) in [6, 6.07) is 0. The first-order chi connectivity index (χ1) is 9.25. The second-order valence-electron chi connectivity index (χ2n) is 5.03. The van der Waals surface area contributed by atoms with Gasteiger partial charge >= 0.3 is 48.1 Å². The van der Waals surface area contributed by atoms with E-state index in [0.717, 1.165) is 0 Å². The van der Waals surface area contributed by atoms with Crippen LogP contribution < -0.4 is 0 Å². The van der Waals surface area contributed by atoms with E-state index in [0.29, 0.717) is 0 Å². The van der Waals surface area contributed by atoms with Gasteiger partial charge in [0.25, 0.3) is 0 Å². The molecule has 0 amide bonds. The van der Waals surface area contributed by atoms with Gasteiger partial charge in [0.15, 0.2) is 0 Å². The van der Waals surface area contributed by atoms with Crippen LogP contribution in [0.5, 0.6) is 0 Å². The normalized spacial score (nSPS) is 24.8. The van der Waals surface area contributed by atoms with Crippen LogP contribution in [0.2, 0.25) is 5.09 Å². The summed E-state index contributed by atoms with van der Waals surface area (Å²) in [5, 5.41) is 19.6. The molecule has 0 spiro atoms. The summed E-state index contributed by atoms with van der Waals surface area (Å²) in [6.45, 7) is 3.79. The van der Waals surface area contributed by atoms with Gasteiger partial charge in [0, 0.05) is 11.5 Å². The molecule has 0 heterocycles. The predicted octanol–water partition coefficient (Wildman–Crippen LogP) is 1.57. The molecule has 0 fully saturated rings. The van der Waals surface area contributed by atoms with E-state index in [9.17, 15) is 14.7 Å². The van der Waals surface area contributed by atoms with Gasteiger partial charge < -0.3 is 10.2 Å². The maximum absolute atomic E-state index is 11.4. The van der Waals surface area contributed by atoms with Crippen LogP contribution in [0.3, 0.4) is 0 Å². The zero-order chi connectivity index (χ0) is 15.9. The van der Waals surface area contributed by atoms with Gasteiger partial charge in [-0.25, -0.2) is 9.59 Å². The van der Waals surface area contributed by atoms with Crippen molar-refractivity contribution < 1.29 is 19.8 Å². The summed E-state index contributed by atoms with van der Waals surface area (Å²) < 4.78 is 0. The molecule has 0 radical (unpaired) electrons. The number of rotatable bonds is 4. The van der Waals surface area contributed by atoms with Gasteiger partial charge in [0.1, 0.15) is 5.54 Å². The first-order valence-corrected chi connectivity index (χ1v) is 6.79. The number of likely N-dealkylation sites (N-methyl/N-ethyl adjacent to an activating group) is 1. The van der Waals surface area contributed by atoms with Gasteiger partial charge in [-0.05, 0) is 14.1 Å². The summed E-state index contributed by atoms with van der Waals surface area (Å²) >= 11 is 2.18. The predicted molar refractivity (Wildman–Crippen MR) is 78.9 cm³/mol. The Hall–Kier alpha value is -1.02. The average molecular weight is 275 g/mol. The minimum absolute atomic E-state index is 0.110. The Morgan fingerprint density at radius 2 is 1.90 bits per heavy atom. The Bertz CT molecular complexity index is 415. The van der Waals surface area contributed by atoms with Crippen LogP contribution in [-0.4, -0.2) is 64.4 Å². The van der Waals surface area contributed by atoms with Crippen LogP contribution >= 0.6 is 0 Å². The van der Waals surface area contributed by atoms with E-state index in [1.54, 1.807) is 21.0 Å². The third-order valence-corrected chi connectivity index (χ3v) is 3.58. The van der Waals surface area contributed by atoms with E-state index in [1.807, 2.05) is 0 Å². The van der Waals surface area contributed by atoms with Crippen LogP contribution in [0, 0.1) is 5.92 Å². The summed E-state index contributed by atoms with van der Waals surface area (Å²) in [5.41, 5.74) is -1.18. The molecule has 108 valence electrons. The van der Waals surface area contributed by atoms with Crippen LogP contribution in [0.15, 0.2) is 23.8 Å². The first kappa shape index (κ1) is 19.0. The molecule has 0 saturated carbocycles. The van der Waals surface area contributed by atoms with Crippen LogP contribution in [0.4, 0.5) is 0 Å². The van der Waals surface area contributed by atoms with Crippen molar-refractivity contribution in [2.45, 2.75) is 30.9 Å². The molecule has 2 N–H and O–H groups in total. The second kappa shape index (κ2) is 8.31. The molecule has 0 bridgehead atoms. The molecule has 0 aromatic heterocycles. The van der Waals surface area contributed by atoms with Crippen molar-refractivity contribution in [3.05, 3.63) is 23.8 Å². The van der Waals surface area contributed by atoms with Crippen LogP contribution in [0.1, 0.15) is 20.3 Å². The summed E-state index contributed by atoms with van der Waals surface area (Å²) in [4.78, 5) is 23.9. The zero-order valence-electron chi connectivity index (χ0n) is 12.9. The number of hydrogen-bond acceptors (Lipinski definition) is 3. The van der Waals surface area contributed by atoms with Gasteiger partial charge in [0.05, 0.1) is 0 Å². The Morgan fingerprint density at radius 3 is 2.20 bits per heavy atom. The third-order valence-electron chi connectivity index (χ3n) is 3.58. The quantitative estimate of drug-likeness (QED) is 0.761. The van der Waals surface area contributed by atoms with E-state index >= 15 is 0 Å². The number of aliphatic carboxylic acids is 2. The molecule has 6 heteroatoms. The van der Waals surface area contributed by atoms with Gasteiger partial charge in [-0.2, -0.15) is 0 Å². The van der Waals surface area contributed by atoms with E-state index in [4.69, 9.17) is 5.11 Å². The number of nitrogens with zero attached hydrogens (tertiary/aromatic N) is 1. The first-order valence-electron chi connectivity index (χ1n) is 6.79. The Balaban J connectivity index is 0.000000796. The molecular weight excluding hydrogens is 253 g/mol. The summed E-state index contributed by atoms with van der Waals surface area (Å²) in [5.74, 6) is -2.74. The monoisotopic (exact) mass is 275 g/mol. The SMILES string of the molecule is CC1C(C(=O)O)=CC=CC1(C(=O)O)N(C)C.[Li][CH2]CC. The van der Waals surface area contributed by atoms with Crippen molar-refractivity contribution in [2.24, 2.45) is 5.92 Å². The van der Waals surface area contributed by atoms with Gasteiger partial charge in [-0.15, -0.1) is 0 Å². The molecular formula is C14H22LiNO4. The Morgan fingerprint density at radius 1 is 1.40 bits per heavy atom. The van der Waals surface area contributed by atoms with Crippen molar-refractivity contribution in [2.75, 3.05) is 14.1 Å². The summed E-state index contributed by atoms with van der Waals surface area (Å²) in [6.07, 6.45) is 5.77. The molecule has 0 aliphatic heterocycles. The zero-order valence-corrected chi connectivity index (χ0v) is 12.9. The molecule has 5 nitrogen and oxygen atoms in total. The van der Waals surface area contributed by atoms with Crippen molar-refractivity contribution in [3.8, 4) is 0 Å². The van der Waals surface area contributed by atoms with E-state index in [1.165, 1.54) is 34.6 Å². The van der Waals surface area contributed by atoms with E-state index < -0.39 is 23.4 Å². The molecule has 0 saturated heterocycles. The molecule has 0 aromatic carbocycles. The topological polar surface area (TPSA) is 77.8 Å². The molecule has 20 heavy (non-hydrogen) atoms. The third kappa shape index (κ3) is 3.99. The standard InChI is InChI=1S/C11H15NO4.C3H7.Li/c1-7-8(9(13)14)5-4-6-11(7,10(15)16)12(2)3;1-3-2;/h4-7H,1-3H3,(H,13,14)(H,15,16);1,3H2,2H3;. The summed E-state index contributed by atoms with van der Waals surface area (Å²) in [7, 11) is 3.25. The molecule has 1 aliphatic rings. The number of allylic oxidation sites excluding steroid dienone is 2. The maximum atomic E-state index is 11.4. The fraction of sp³-hybridized carbons (Fsp3) is 0.571. The molecule has 0 aromatic rings. The van der Waals surface area contributed by atoms with E-state index in [-0.39, 0.29) is 5.57 Å². The minimum atomic E-state index is -1.29. The molecule has 2 atom stereocenters. The number of carboxylic acid groups (broad SMARTS) is 2. The number of carboxylic acids is 2. The average Bonchev–Trinajstić information content (AvgIpc) is 2.38. The fourth-order valence-corrected chi connectivity index (χ4v) is 2.06. The molecule has 1 rings (SSSR count). The molecule has 1 aliphatic carbocycles. The van der Waals surface area contributed by atoms with Gasteiger partial charge in [-0.3, -0.25) is 4.90 Å². The van der Waals surface area contributed by atoms with Gasteiger partial charge in [-0.1, -0.05) is 25.2 Å². The number of carbonyl (C=O) groups is 2. The van der Waals surface area contributed by atoms with Crippen molar-refractivity contribution >= 4 is 29.7 Å². The van der Waals surface area contributed by atoms with E-state index in [2.05, 4.69) is 24.6 Å². The second-order valence-corrected chi connectivity index (χ2v) is 5.03. The van der Waals surface area contributed by atoms with Crippen LogP contribution in [-0.2, 0) is 9.59 Å². The van der Waals surface area contributed by atoms with Crippen LogP contribution in [0.25, 0.3) is 0 Å². The fourth-order valence-electron chi connectivity index (χ4n) is 2.06. The number of hydrogen-bond donors (Lipinski definition) is 2. The van der Waals surface area contributed by atoms with Crippen molar-refractivity contribution in [3.63, 3.8) is 0 Å². The van der Waals surface area contributed by atoms with Gasteiger partial charge in [0.2, 0.25) is 0 Å². The Labute approximate surface area is 129 Å². The Kier molecular flexibility index (Phi) is 7.88. The van der Waals surface area contributed by atoms with Crippen molar-refractivity contribution in [1.29, 1.82) is 0 Å². The van der Waals surface area contributed by atoms with Crippen molar-refractivity contribution in [1.82, 2.24) is 4.90 Å². The molecule has 2 unspecified atom stereocenters.